The molecule has 0 aromatic heterocycles. The third-order valence-electron chi connectivity index (χ3n) is 14.7. The van der Waals surface area contributed by atoms with Gasteiger partial charge in [0.2, 0.25) is 0 Å². The van der Waals surface area contributed by atoms with Crippen molar-refractivity contribution in [1.29, 1.82) is 0 Å². The molecular weight excluding hydrogens is 685 g/mol. The topological polar surface area (TPSA) is 9.23 Å². The first kappa shape index (κ1) is 51.5. The number of rotatable bonds is 0. The molecule has 8 fully saturated rings. The van der Waals surface area contributed by atoms with Crippen molar-refractivity contribution in [2.75, 3.05) is 24.7 Å². The summed E-state index contributed by atoms with van der Waals surface area (Å²) in [5, 5.41) is 0. The summed E-state index contributed by atoms with van der Waals surface area (Å²) in [6.07, 6.45) is 49.0. The van der Waals surface area contributed by atoms with Crippen molar-refractivity contribution in [1.82, 2.24) is 0 Å². The van der Waals surface area contributed by atoms with Crippen LogP contribution < -0.4 is 0 Å². The van der Waals surface area contributed by atoms with E-state index in [1.165, 1.54) is 198 Å². The van der Waals surface area contributed by atoms with Gasteiger partial charge in [-0.05, 0) is 103 Å². The van der Waals surface area contributed by atoms with Crippen LogP contribution in [-0.4, -0.2) is 24.7 Å². The molecule has 1 nitrogen and oxygen atoms in total. The first-order valence-corrected chi connectivity index (χ1v) is 27.0. The average Bonchev–Trinajstić information content (AvgIpc) is 3.55. The summed E-state index contributed by atoms with van der Waals surface area (Å²) >= 11 is 2.10. The largest absolute Gasteiger partial charge is 0.381 e. The van der Waals surface area contributed by atoms with Crippen molar-refractivity contribution in [3.63, 3.8) is 0 Å². The smallest absolute Gasteiger partial charge is 0.0491 e. The van der Waals surface area contributed by atoms with Crippen LogP contribution in [0.2, 0.25) is 0 Å². The van der Waals surface area contributed by atoms with Gasteiger partial charge in [0.05, 0.1) is 0 Å². The van der Waals surface area contributed by atoms with E-state index >= 15 is 0 Å². The lowest BCUT2D eigenvalue weighted by Gasteiger charge is -2.38. The molecule has 0 bridgehead atoms. The van der Waals surface area contributed by atoms with Crippen molar-refractivity contribution in [3.8, 4) is 0 Å². The van der Waals surface area contributed by atoms with Crippen LogP contribution in [0.4, 0.5) is 0 Å². The normalized spacial score (nSPS) is 31.1. The molecule has 8 aliphatic rings. The molecule has 8 rings (SSSR count). The number of hydrogen-bond acceptors (Lipinski definition) is 2. The van der Waals surface area contributed by atoms with Crippen molar-refractivity contribution < 1.29 is 4.74 Å². The zero-order valence-corrected chi connectivity index (χ0v) is 40.0. The van der Waals surface area contributed by atoms with Crippen molar-refractivity contribution >= 4 is 11.8 Å². The molecule has 328 valence electrons. The monoisotopic (exact) mass is 789 g/mol. The summed E-state index contributed by atoms with van der Waals surface area (Å²) in [6.45, 7) is 18.5. The minimum absolute atomic E-state index is 0.814. The van der Waals surface area contributed by atoms with E-state index in [1.807, 2.05) is 0 Å². The molecule has 0 aromatic carbocycles. The van der Waals surface area contributed by atoms with Crippen LogP contribution in [0, 0.1) is 53.3 Å². The molecule has 6 aliphatic carbocycles. The lowest BCUT2D eigenvalue weighted by atomic mass is 9.68. The van der Waals surface area contributed by atoms with Gasteiger partial charge >= 0.3 is 0 Å². The van der Waals surface area contributed by atoms with Gasteiger partial charge in [0.25, 0.3) is 0 Å². The molecule has 0 N–H and O–H groups in total. The predicted molar refractivity (Wildman–Crippen MR) is 252 cm³/mol. The number of fused-ring (bicyclic) bond motifs is 1. The van der Waals surface area contributed by atoms with Crippen molar-refractivity contribution in [2.45, 2.75) is 260 Å². The highest BCUT2D eigenvalue weighted by Gasteiger charge is 2.30. The Hall–Kier alpha value is 0.310. The van der Waals surface area contributed by atoms with Crippen molar-refractivity contribution in [3.05, 3.63) is 0 Å². The van der Waals surface area contributed by atoms with Crippen LogP contribution in [0.15, 0.2) is 0 Å². The zero-order valence-electron chi connectivity index (χ0n) is 39.2. The highest BCUT2D eigenvalue weighted by atomic mass is 32.2. The first-order chi connectivity index (χ1) is 26.7. The lowest BCUT2D eigenvalue weighted by Crippen LogP contribution is -2.26. The third kappa shape index (κ3) is 30.1. The number of hydrogen-bond donors (Lipinski definition) is 0. The molecular formula is C53H104OS. The van der Waals surface area contributed by atoms with Crippen LogP contribution in [0.3, 0.4) is 0 Å². The summed E-state index contributed by atoms with van der Waals surface area (Å²) in [6, 6.07) is 0. The summed E-state index contributed by atoms with van der Waals surface area (Å²) < 4.78 is 5.18. The Labute approximate surface area is 353 Å². The summed E-state index contributed by atoms with van der Waals surface area (Å²) in [5.74, 6) is 12.1. The Bertz CT molecular complexity index is 734. The van der Waals surface area contributed by atoms with E-state index in [9.17, 15) is 0 Å². The fourth-order valence-electron chi connectivity index (χ4n) is 10.5. The van der Waals surface area contributed by atoms with Crippen LogP contribution in [0.1, 0.15) is 260 Å². The number of ether oxygens (including phenoxy) is 1. The predicted octanol–water partition coefficient (Wildman–Crippen LogP) is 18.3. The average molecular weight is 789 g/mol. The molecule has 55 heavy (non-hydrogen) atoms. The van der Waals surface area contributed by atoms with E-state index in [0.29, 0.717) is 0 Å². The maximum atomic E-state index is 5.18. The second kappa shape index (κ2) is 35.1. The van der Waals surface area contributed by atoms with Gasteiger partial charge in [-0.1, -0.05) is 222 Å². The molecule has 0 amide bonds. The molecule has 0 spiro atoms. The standard InChI is InChI=1S/C11H20.C9H18.C8H16.C7H14.C6H12O.C6H12S.C6H12/c1-9-6-7-10-4-2-3-5-11(10)8-9;1-9-7-5-3-2-4-6-8-9;1-8-6-4-2-3-5-7-8;1-7-5-3-2-4-6-7;2*1-6-3-2-4-7-5-6;1-6-4-2-3-5-6/h9-11H,2-8H2,1H3;9H,2-8H2,1H3;8H,2-7H2,1H3;7H,2-6H2,1H3;2*6H,2-5H2,1H3;6H,2-5H2,1H3. The zero-order chi connectivity index (χ0) is 39.8. The molecule has 2 heterocycles. The minimum Gasteiger partial charge on any atom is -0.381 e. The maximum absolute atomic E-state index is 5.18. The van der Waals surface area contributed by atoms with Crippen LogP contribution in [0.25, 0.3) is 0 Å². The SMILES string of the molecule is CC1CCC2CCCCC2C1.CC1CCCC1.CC1CCCCC1.CC1CCCCCC1.CC1CCCCCCC1.CC1CCCOC1.CC1CCCSC1. The van der Waals surface area contributed by atoms with Gasteiger partial charge in [0, 0.05) is 13.2 Å². The summed E-state index contributed by atoms with van der Waals surface area (Å²) in [7, 11) is 0. The quantitative estimate of drug-likeness (QED) is 0.226. The highest BCUT2D eigenvalue weighted by Crippen LogP contribution is 2.42. The Morgan fingerprint density at radius 1 is 0.309 bits per heavy atom. The summed E-state index contributed by atoms with van der Waals surface area (Å²) in [4.78, 5) is 0. The van der Waals surface area contributed by atoms with Gasteiger partial charge in [-0.25, -0.2) is 0 Å². The second-order valence-corrected chi connectivity index (χ2v) is 22.2. The molecule has 2 aliphatic heterocycles. The molecule has 6 saturated carbocycles. The molecule has 0 radical (unpaired) electrons. The second-order valence-electron chi connectivity index (χ2n) is 21.0. The van der Waals surface area contributed by atoms with E-state index in [-0.39, 0.29) is 0 Å². The third-order valence-corrected chi connectivity index (χ3v) is 16.0. The van der Waals surface area contributed by atoms with Crippen LogP contribution in [-0.2, 0) is 4.74 Å². The van der Waals surface area contributed by atoms with Crippen LogP contribution in [0.5, 0.6) is 0 Å². The first-order valence-electron chi connectivity index (χ1n) is 25.9. The highest BCUT2D eigenvalue weighted by molar-refractivity contribution is 7.99. The van der Waals surface area contributed by atoms with E-state index in [4.69, 9.17) is 4.74 Å². The molecule has 2 heteroatoms. The van der Waals surface area contributed by atoms with Gasteiger partial charge in [0.1, 0.15) is 0 Å². The van der Waals surface area contributed by atoms with Gasteiger partial charge in [-0.15, -0.1) is 0 Å². The molecule has 2 saturated heterocycles. The number of thioether (sulfide) groups is 1. The lowest BCUT2D eigenvalue weighted by molar-refractivity contribution is 0.0616. The Balaban J connectivity index is 0.000000224. The molecule has 5 atom stereocenters. The van der Waals surface area contributed by atoms with Crippen molar-refractivity contribution in [2.24, 2.45) is 53.3 Å². The minimum atomic E-state index is 0.814. The van der Waals surface area contributed by atoms with E-state index in [2.05, 4.69) is 60.2 Å². The van der Waals surface area contributed by atoms with Gasteiger partial charge in [-0.2, -0.15) is 11.8 Å². The van der Waals surface area contributed by atoms with E-state index in [0.717, 1.165) is 66.5 Å². The van der Waals surface area contributed by atoms with E-state index in [1.54, 1.807) is 25.7 Å². The van der Waals surface area contributed by atoms with E-state index < -0.39 is 0 Å². The Morgan fingerprint density at radius 3 is 1.04 bits per heavy atom. The molecule has 5 unspecified atom stereocenters. The maximum Gasteiger partial charge on any atom is 0.0491 e. The fourth-order valence-corrected chi connectivity index (χ4v) is 11.6. The van der Waals surface area contributed by atoms with Gasteiger partial charge in [-0.3, -0.25) is 0 Å². The molecule has 0 aromatic rings. The van der Waals surface area contributed by atoms with Crippen LogP contribution >= 0.6 is 11.8 Å². The fraction of sp³-hybridized carbons (Fsp3) is 1.00. The van der Waals surface area contributed by atoms with Gasteiger partial charge < -0.3 is 4.74 Å². The Morgan fingerprint density at radius 2 is 0.691 bits per heavy atom. The van der Waals surface area contributed by atoms with Gasteiger partial charge in [0.15, 0.2) is 0 Å². The summed E-state index contributed by atoms with van der Waals surface area (Å²) in [5.41, 5.74) is 0. The Kier molecular flexibility index (Phi) is 32.8.